The van der Waals surface area contributed by atoms with Crippen LogP contribution in [0.1, 0.15) is 22.5 Å². The SMILES string of the molecule is O=C(Oc1c(C=NN2C(=O)[C@@H]3[C@H](C2=O)[C@H]2C=C[C@H]3C2)cccc1[N+](=O)[O-])c1ccco1. The number of rotatable bonds is 5. The molecule has 2 amide bonds. The average molecular weight is 421 g/mol. The molecule has 1 aliphatic heterocycles. The molecule has 0 N–H and O–H groups in total. The molecule has 1 saturated carbocycles. The Kier molecular flexibility index (Phi) is 4.28. The molecule has 2 heterocycles. The van der Waals surface area contributed by atoms with Gasteiger partial charge in [-0.3, -0.25) is 19.7 Å². The standard InChI is InChI=1S/C21H15N3O7/c25-19-16-11-6-7-12(9-11)17(16)20(26)23(19)22-10-13-3-1-4-14(24(28)29)18(13)31-21(27)15-5-2-8-30-15/h1-8,10-12,16-17H,9H2/t11-,12-,16-,17+/m0/s1. The number of imide groups is 1. The topological polar surface area (TPSA) is 132 Å². The smallest absolute Gasteiger partial charge is 0.379 e. The first-order valence-electron chi connectivity index (χ1n) is 9.59. The Morgan fingerprint density at radius 3 is 2.48 bits per heavy atom. The fourth-order valence-electron chi connectivity index (χ4n) is 4.56. The summed E-state index contributed by atoms with van der Waals surface area (Å²) in [6.07, 6.45) is 7.11. The van der Waals surface area contributed by atoms with Crippen LogP contribution < -0.4 is 4.74 Å². The highest BCUT2D eigenvalue weighted by molar-refractivity contribution is 6.07. The van der Waals surface area contributed by atoms with E-state index in [4.69, 9.17) is 9.15 Å². The number of nitro groups is 1. The molecule has 10 nitrogen and oxygen atoms in total. The second-order valence-electron chi connectivity index (χ2n) is 7.55. The molecule has 0 radical (unpaired) electrons. The number of benzene rings is 1. The molecule has 5 rings (SSSR count). The van der Waals surface area contributed by atoms with Crippen molar-refractivity contribution >= 4 is 29.7 Å². The number of nitrogens with zero attached hydrogens (tertiary/aromatic N) is 3. The lowest BCUT2D eigenvalue weighted by Gasteiger charge is -2.13. The Hall–Kier alpha value is -4.08. The van der Waals surface area contributed by atoms with E-state index in [0.717, 1.165) is 17.6 Å². The molecule has 31 heavy (non-hydrogen) atoms. The summed E-state index contributed by atoms with van der Waals surface area (Å²) in [5.41, 5.74) is -0.407. The number of ether oxygens (including phenoxy) is 1. The minimum absolute atomic E-state index is 0.0364. The van der Waals surface area contributed by atoms with E-state index in [1.165, 1.54) is 36.6 Å². The summed E-state index contributed by atoms with van der Waals surface area (Å²) in [4.78, 5) is 48.5. The number of allylic oxidation sites excluding steroid dienone is 2. The molecule has 2 bridgehead atoms. The molecule has 0 unspecified atom stereocenters. The summed E-state index contributed by atoms with van der Waals surface area (Å²) in [6.45, 7) is 0. The third kappa shape index (κ3) is 2.95. The van der Waals surface area contributed by atoms with Crippen molar-refractivity contribution in [3.05, 3.63) is 70.2 Å². The summed E-state index contributed by atoms with van der Waals surface area (Å²) in [5, 5.41) is 16.3. The number of carbonyl (C=O) groups excluding carboxylic acids is 3. The molecular weight excluding hydrogens is 406 g/mol. The molecule has 2 fully saturated rings. The van der Waals surface area contributed by atoms with E-state index in [2.05, 4.69) is 5.10 Å². The molecular formula is C21H15N3O7. The van der Waals surface area contributed by atoms with Gasteiger partial charge in [0.05, 0.1) is 29.2 Å². The van der Waals surface area contributed by atoms with Crippen LogP contribution in [-0.4, -0.2) is 33.9 Å². The molecule has 3 aliphatic rings. The fraction of sp³-hybridized carbons (Fsp3) is 0.238. The number of carbonyl (C=O) groups is 3. The number of hydrogen-bond acceptors (Lipinski definition) is 8. The number of hydrazone groups is 1. The molecule has 156 valence electrons. The Morgan fingerprint density at radius 1 is 1.16 bits per heavy atom. The molecule has 2 aliphatic carbocycles. The van der Waals surface area contributed by atoms with Crippen molar-refractivity contribution in [3.8, 4) is 5.75 Å². The molecule has 0 spiro atoms. The number of furan rings is 1. The van der Waals surface area contributed by atoms with Gasteiger partial charge >= 0.3 is 11.7 Å². The zero-order chi connectivity index (χ0) is 21.7. The van der Waals surface area contributed by atoms with Gasteiger partial charge in [-0.25, -0.2) is 4.79 Å². The van der Waals surface area contributed by atoms with Gasteiger partial charge in [0.1, 0.15) is 0 Å². The largest absolute Gasteiger partial charge is 0.457 e. The van der Waals surface area contributed by atoms with Crippen LogP contribution in [0.5, 0.6) is 5.75 Å². The number of amides is 2. The van der Waals surface area contributed by atoms with Gasteiger partial charge in [0.2, 0.25) is 11.5 Å². The number of para-hydroxylation sites is 1. The first-order valence-corrected chi connectivity index (χ1v) is 9.59. The first kappa shape index (κ1) is 18.9. The second-order valence-corrected chi connectivity index (χ2v) is 7.55. The lowest BCUT2D eigenvalue weighted by Crippen LogP contribution is -2.28. The van der Waals surface area contributed by atoms with Crippen molar-refractivity contribution < 1.29 is 28.5 Å². The third-order valence-electron chi connectivity index (χ3n) is 5.90. The van der Waals surface area contributed by atoms with Crippen molar-refractivity contribution in [2.75, 3.05) is 0 Å². The van der Waals surface area contributed by atoms with Gasteiger partial charge in [-0.2, -0.15) is 10.1 Å². The van der Waals surface area contributed by atoms with Gasteiger partial charge in [-0.15, -0.1) is 0 Å². The number of fused-ring (bicyclic) bond motifs is 5. The van der Waals surface area contributed by atoms with Crippen LogP contribution in [0, 0.1) is 33.8 Å². The minimum Gasteiger partial charge on any atom is -0.457 e. The molecule has 1 aromatic carbocycles. The third-order valence-corrected chi connectivity index (χ3v) is 5.90. The van der Waals surface area contributed by atoms with Crippen molar-refractivity contribution in [3.63, 3.8) is 0 Å². The van der Waals surface area contributed by atoms with Crippen molar-refractivity contribution in [1.82, 2.24) is 5.01 Å². The summed E-state index contributed by atoms with van der Waals surface area (Å²) in [6, 6.07) is 6.81. The van der Waals surface area contributed by atoms with Gasteiger partial charge in [0.25, 0.3) is 11.8 Å². The maximum absolute atomic E-state index is 12.8. The van der Waals surface area contributed by atoms with E-state index >= 15 is 0 Å². The Morgan fingerprint density at radius 2 is 1.87 bits per heavy atom. The molecule has 1 aromatic heterocycles. The Labute approximate surface area is 174 Å². The summed E-state index contributed by atoms with van der Waals surface area (Å²) in [7, 11) is 0. The van der Waals surface area contributed by atoms with Crippen LogP contribution in [0.3, 0.4) is 0 Å². The number of esters is 1. The van der Waals surface area contributed by atoms with Crippen LogP contribution in [0.25, 0.3) is 0 Å². The summed E-state index contributed by atoms with van der Waals surface area (Å²) >= 11 is 0. The van der Waals surface area contributed by atoms with Crippen LogP contribution in [0.2, 0.25) is 0 Å². The predicted molar refractivity (Wildman–Crippen MR) is 104 cm³/mol. The zero-order valence-corrected chi connectivity index (χ0v) is 15.9. The van der Waals surface area contributed by atoms with Gasteiger partial charge in [0, 0.05) is 11.6 Å². The van der Waals surface area contributed by atoms with Gasteiger partial charge < -0.3 is 9.15 Å². The van der Waals surface area contributed by atoms with Crippen molar-refractivity contribution in [2.45, 2.75) is 6.42 Å². The number of nitro benzene ring substituents is 1. The Bertz CT molecular complexity index is 1140. The van der Waals surface area contributed by atoms with Gasteiger partial charge in [0.15, 0.2) is 0 Å². The van der Waals surface area contributed by atoms with E-state index in [9.17, 15) is 24.5 Å². The Balaban J connectivity index is 1.45. The average Bonchev–Trinajstić information content (AvgIpc) is 3.53. The highest BCUT2D eigenvalue weighted by Gasteiger charge is 2.59. The summed E-state index contributed by atoms with van der Waals surface area (Å²) in [5.74, 6) is -2.96. The maximum atomic E-state index is 12.8. The molecule has 1 saturated heterocycles. The van der Waals surface area contributed by atoms with Gasteiger partial charge in [-0.1, -0.05) is 18.2 Å². The lowest BCUT2D eigenvalue weighted by molar-refractivity contribution is -0.385. The lowest BCUT2D eigenvalue weighted by atomic mass is 9.85. The first-order chi connectivity index (χ1) is 15.0. The van der Waals surface area contributed by atoms with Crippen LogP contribution in [0.4, 0.5) is 5.69 Å². The predicted octanol–water partition coefficient (Wildman–Crippen LogP) is 2.55. The highest BCUT2D eigenvalue weighted by Crippen LogP contribution is 2.52. The van der Waals surface area contributed by atoms with E-state index < -0.39 is 28.4 Å². The maximum Gasteiger partial charge on any atom is 0.379 e. The summed E-state index contributed by atoms with van der Waals surface area (Å²) < 4.78 is 10.2. The minimum atomic E-state index is -0.931. The monoisotopic (exact) mass is 421 g/mol. The van der Waals surface area contributed by atoms with E-state index in [1.54, 1.807) is 0 Å². The second kappa shape index (κ2) is 7.01. The van der Waals surface area contributed by atoms with E-state index in [1.807, 2.05) is 12.2 Å². The fourth-order valence-corrected chi connectivity index (χ4v) is 4.56. The highest BCUT2D eigenvalue weighted by atomic mass is 16.6. The van der Waals surface area contributed by atoms with Crippen LogP contribution in [0.15, 0.2) is 58.3 Å². The van der Waals surface area contributed by atoms with E-state index in [0.29, 0.717) is 0 Å². The normalized spacial score (nSPS) is 26.1. The number of hydrogen-bond donors (Lipinski definition) is 0. The zero-order valence-electron chi connectivity index (χ0n) is 15.9. The van der Waals surface area contributed by atoms with Crippen molar-refractivity contribution in [2.24, 2.45) is 28.8 Å². The quantitative estimate of drug-likeness (QED) is 0.138. The molecule has 10 heteroatoms. The molecule has 2 aromatic rings. The van der Waals surface area contributed by atoms with Crippen LogP contribution in [-0.2, 0) is 9.59 Å². The molecule has 4 atom stereocenters. The van der Waals surface area contributed by atoms with Gasteiger partial charge in [-0.05, 0) is 36.5 Å². The van der Waals surface area contributed by atoms with E-state index in [-0.39, 0.29) is 40.7 Å². The van der Waals surface area contributed by atoms with Crippen molar-refractivity contribution in [1.29, 1.82) is 0 Å². The van der Waals surface area contributed by atoms with Crippen LogP contribution >= 0.6 is 0 Å².